The van der Waals surface area contributed by atoms with Crippen LogP contribution < -0.4 is 10.6 Å². The number of urea groups is 1. The van der Waals surface area contributed by atoms with Crippen LogP contribution >= 0.6 is 11.3 Å². The molecule has 9 heteroatoms. The molecular weight excluding hydrogens is 342 g/mol. The Bertz CT molecular complexity index is 731. The van der Waals surface area contributed by atoms with Gasteiger partial charge in [-0.15, -0.1) is 10.2 Å². The van der Waals surface area contributed by atoms with E-state index in [1.165, 1.54) is 11.3 Å². The summed E-state index contributed by atoms with van der Waals surface area (Å²) in [4.78, 5) is 38.5. The normalized spacial score (nSPS) is 28.3. The average Bonchev–Trinajstić information content (AvgIpc) is 2.94. The van der Waals surface area contributed by atoms with Crippen LogP contribution in [0.5, 0.6) is 0 Å². The number of hydrogen-bond acceptors (Lipinski definition) is 6. The maximum absolute atomic E-state index is 13.0. The average molecular weight is 365 g/mol. The summed E-state index contributed by atoms with van der Waals surface area (Å²) in [5, 5.41) is 14.2. The fourth-order valence-corrected chi connectivity index (χ4v) is 4.91. The van der Waals surface area contributed by atoms with Gasteiger partial charge in [-0.25, -0.2) is 4.79 Å². The number of carbonyl (C=O) groups excluding carboxylic acids is 3. The van der Waals surface area contributed by atoms with Gasteiger partial charge in [-0.05, 0) is 37.5 Å². The second-order valence-electron chi connectivity index (χ2n) is 7.93. The Labute approximate surface area is 150 Å². The van der Waals surface area contributed by atoms with E-state index < -0.39 is 17.5 Å². The predicted octanol–water partition coefficient (Wildman–Crippen LogP) is 1.92. The molecule has 2 aliphatic rings. The van der Waals surface area contributed by atoms with Crippen LogP contribution in [0.2, 0.25) is 0 Å². The number of nitrogens with one attached hydrogen (secondary N) is 2. The first-order chi connectivity index (χ1) is 11.6. The number of amides is 4. The van der Waals surface area contributed by atoms with Crippen LogP contribution in [-0.2, 0) is 9.59 Å². The SMILES string of the molecule is Cc1nnc(NC(=O)CN2C(=O)NC3(CC(C)CC(C)(C)C3)C2=O)s1. The van der Waals surface area contributed by atoms with Crippen LogP contribution in [0.25, 0.3) is 0 Å². The Hall–Kier alpha value is -2.03. The molecule has 1 aliphatic carbocycles. The number of carbonyl (C=O) groups is 3. The van der Waals surface area contributed by atoms with Crippen LogP contribution in [0.15, 0.2) is 0 Å². The summed E-state index contributed by atoms with van der Waals surface area (Å²) >= 11 is 1.24. The second kappa shape index (κ2) is 6.05. The number of imide groups is 1. The molecule has 2 fully saturated rings. The van der Waals surface area contributed by atoms with E-state index >= 15 is 0 Å². The van der Waals surface area contributed by atoms with E-state index in [1.54, 1.807) is 6.92 Å². The molecule has 1 aromatic rings. The molecule has 0 aromatic carbocycles. The zero-order valence-electron chi connectivity index (χ0n) is 14.9. The van der Waals surface area contributed by atoms with Crippen molar-refractivity contribution < 1.29 is 14.4 Å². The number of rotatable bonds is 3. The summed E-state index contributed by atoms with van der Waals surface area (Å²) < 4.78 is 0. The number of hydrogen-bond donors (Lipinski definition) is 2. The van der Waals surface area contributed by atoms with Gasteiger partial charge in [0.1, 0.15) is 17.1 Å². The zero-order chi connectivity index (χ0) is 18.4. The third kappa shape index (κ3) is 3.51. The fourth-order valence-electron chi connectivity index (χ4n) is 4.30. The molecule has 1 spiro atoms. The van der Waals surface area contributed by atoms with Gasteiger partial charge in [0, 0.05) is 0 Å². The number of aromatic nitrogens is 2. The van der Waals surface area contributed by atoms with Crippen molar-refractivity contribution in [3.8, 4) is 0 Å². The Morgan fingerprint density at radius 1 is 1.36 bits per heavy atom. The van der Waals surface area contributed by atoms with Crippen molar-refractivity contribution in [2.24, 2.45) is 11.3 Å². The first-order valence-electron chi connectivity index (χ1n) is 8.34. The summed E-state index contributed by atoms with van der Waals surface area (Å²) in [6, 6.07) is -0.501. The summed E-state index contributed by atoms with van der Waals surface area (Å²) in [7, 11) is 0. The van der Waals surface area contributed by atoms with Crippen LogP contribution in [-0.4, -0.2) is 45.0 Å². The van der Waals surface area contributed by atoms with Crippen molar-refractivity contribution in [2.45, 2.75) is 52.5 Å². The van der Waals surface area contributed by atoms with Gasteiger partial charge >= 0.3 is 6.03 Å². The predicted molar refractivity (Wildman–Crippen MR) is 93.0 cm³/mol. The van der Waals surface area contributed by atoms with E-state index in [0.717, 1.165) is 16.3 Å². The second-order valence-corrected chi connectivity index (χ2v) is 9.11. The molecule has 3 rings (SSSR count). The minimum absolute atomic E-state index is 0.0387. The van der Waals surface area contributed by atoms with Gasteiger partial charge in [0.2, 0.25) is 11.0 Å². The first kappa shape index (κ1) is 17.8. The van der Waals surface area contributed by atoms with Crippen LogP contribution in [0.4, 0.5) is 9.93 Å². The molecule has 4 amide bonds. The van der Waals surface area contributed by atoms with E-state index in [9.17, 15) is 14.4 Å². The zero-order valence-corrected chi connectivity index (χ0v) is 15.7. The molecule has 8 nitrogen and oxygen atoms in total. The van der Waals surface area contributed by atoms with Crippen LogP contribution in [0.1, 0.15) is 45.0 Å². The molecule has 1 aliphatic heterocycles. The molecule has 0 bridgehead atoms. The van der Waals surface area contributed by atoms with E-state index in [4.69, 9.17) is 0 Å². The molecule has 136 valence electrons. The molecule has 1 saturated carbocycles. The van der Waals surface area contributed by atoms with Gasteiger partial charge in [-0.3, -0.25) is 19.8 Å². The van der Waals surface area contributed by atoms with Crippen molar-refractivity contribution >= 4 is 34.3 Å². The topological polar surface area (TPSA) is 104 Å². The third-order valence-corrected chi connectivity index (χ3v) is 5.45. The van der Waals surface area contributed by atoms with Gasteiger partial charge in [0.25, 0.3) is 5.91 Å². The Balaban J connectivity index is 1.72. The standard InChI is InChI=1S/C16H23N5O3S/c1-9-5-15(3,4)8-16(6-9)12(23)21(14(24)18-16)7-11(22)17-13-20-19-10(2)25-13/h9H,5-8H2,1-4H3,(H,18,24)(H,17,20,22). The monoisotopic (exact) mass is 365 g/mol. The number of anilines is 1. The smallest absolute Gasteiger partial charge is 0.323 e. The minimum atomic E-state index is -0.891. The molecular formula is C16H23N5O3S. The lowest BCUT2D eigenvalue weighted by atomic mass is 9.64. The van der Waals surface area contributed by atoms with E-state index in [1.807, 2.05) is 0 Å². The van der Waals surface area contributed by atoms with Crippen molar-refractivity contribution in [1.29, 1.82) is 0 Å². The minimum Gasteiger partial charge on any atom is -0.323 e. The van der Waals surface area contributed by atoms with Gasteiger partial charge < -0.3 is 5.32 Å². The Morgan fingerprint density at radius 3 is 2.68 bits per heavy atom. The molecule has 2 N–H and O–H groups in total. The molecule has 25 heavy (non-hydrogen) atoms. The Kier molecular flexibility index (Phi) is 4.30. The molecule has 2 unspecified atom stereocenters. The summed E-state index contributed by atoms with van der Waals surface area (Å²) in [5.41, 5.74) is -0.930. The molecule has 2 atom stereocenters. The lowest BCUT2D eigenvalue weighted by molar-refractivity contribution is -0.136. The highest BCUT2D eigenvalue weighted by Gasteiger charge is 2.56. The fraction of sp³-hybridized carbons (Fsp3) is 0.688. The Morgan fingerprint density at radius 2 is 2.08 bits per heavy atom. The third-order valence-electron chi connectivity index (χ3n) is 4.70. The van der Waals surface area contributed by atoms with Gasteiger partial charge in [0.15, 0.2) is 0 Å². The molecule has 1 aromatic heterocycles. The van der Waals surface area contributed by atoms with Gasteiger partial charge in [0.05, 0.1) is 0 Å². The van der Waals surface area contributed by atoms with E-state index in [-0.39, 0.29) is 17.9 Å². The maximum Gasteiger partial charge on any atom is 0.325 e. The first-order valence-corrected chi connectivity index (χ1v) is 9.16. The maximum atomic E-state index is 13.0. The van der Waals surface area contributed by atoms with Crippen molar-refractivity contribution in [2.75, 3.05) is 11.9 Å². The summed E-state index contributed by atoms with van der Waals surface area (Å²) in [5.74, 6) is -0.438. The quantitative estimate of drug-likeness (QED) is 0.797. The molecule has 2 heterocycles. The lowest BCUT2D eigenvalue weighted by Crippen LogP contribution is -2.54. The lowest BCUT2D eigenvalue weighted by Gasteiger charge is -2.43. The van der Waals surface area contributed by atoms with E-state index in [2.05, 4.69) is 41.6 Å². The largest absolute Gasteiger partial charge is 0.325 e. The molecule has 1 saturated heterocycles. The molecule has 0 radical (unpaired) electrons. The van der Waals surface area contributed by atoms with Crippen molar-refractivity contribution in [1.82, 2.24) is 20.4 Å². The number of aryl methyl sites for hydroxylation is 1. The van der Waals surface area contributed by atoms with Gasteiger partial charge in [-0.2, -0.15) is 0 Å². The highest BCUT2D eigenvalue weighted by atomic mass is 32.1. The summed E-state index contributed by atoms with van der Waals surface area (Å²) in [6.07, 6.45) is 2.20. The van der Waals surface area contributed by atoms with Crippen LogP contribution in [0.3, 0.4) is 0 Å². The highest BCUT2D eigenvalue weighted by Crippen LogP contribution is 2.46. The van der Waals surface area contributed by atoms with Crippen molar-refractivity contribution in [3.05, 3.63) is 5.01 Å². The van der Waals surface area contributed by atoms with Gasteiger partial charge in [-0.1, -0.05) is 32.1 Å². The van der Waals surface area contributed by atoms with Crippen LogP contribution in [0, 0.1) is 18.3 Å². The highest BCUT2D eigenvalue weighted by molar-refractivity contribution is 7.15. The summed E-state index contributed by atoms with van der Waals surface area (Å²) in [6.45, 7) is 7.77. The van der Waals surface area contributed by atoms with E-state index in [0.29, 0.717) is 23.9 Å². The number of nitrogens with zero attached hydrogens (tertiary/aromatic N) is 3. The van der Waals surface area contributed by atoms with Crippen molar-refractivity contribution in [3.63, 3.8) is 0 Å².